The third-order valence-electron chi connectivity index (χ3n) is 24.7. The standard InChI is InChI=1S/C116H78N12/c1-11-39-79(40-12-1)112-117-113(80-41-13-2-14-42-80)119-114(118-112)109-110(125-101-63-35-31-59-93(101)97-75-89(67-71-105(97)125)121(81-43-15-3-16-44-81)82-45-17-4-18-46-82)115(127-103-65-37-33-61-95(103)99-77-91(69-73-107(99)127)123(85-51-23-7-24-52-85)86-53-25-8-26-54-86)120-116(128-104-66-38-34-62-96(104)100-78-92(70-74-108(100)128)124(87-55-27-9-28-56-87)88-57-29-10-30-58-88)111(109)126-102-64-36-32-60-94(102)98-76-90(68-72-106(98)126)122(83-47-19-5-20-48-83)84-49-21-6-22-50-84/h1-78H. The van der Waals surface area contributed by atoms with Gasteiger partial charge in [-0.15, -0.1) is 0 Å². The van der Waals surface area contributed by atoms with E-state index in [1.54, 1.807) is 0 Å². The third-order valence-corrected chi connectivity index (χ3v) is 24.7. The Labute approximate surface area is 738 Å². The van der Waals surface area contributed by atoms with Crippen molar-refractivity contribution < 1.29 is 0 Å². The maximum absolute atomic E-state index is 6.88. The zero-order valence-electron chi connectivity index (χ0n) is 69.4. The van der Waals surface area contributed by atoms with Crippen LogP contribution in [0.25, 0.3) is 144 Å². The molecule has 0 bridgehead atoms. The third kappa shape index (κ3) is 12.7. The van der Waals surface area contributed by atoms with Crippen molar-refractivity contribution in [1.29, 1.82) is 0 Å². The maximum atomic E-state index is 6.88. The number of benzene rings is 18. The summed E-state index contributed by atoms with van der Waals surface area (Å²) in [5.41, 5.74) is 23.3. The fraction of sp³-hybridized carbons (Fsp3) is 0. The number of fused-ring (bicyclic) bond motifs is 12. The van der Waals surface area contributed by atoms with Gasteiger partial charge in [-0.25, -0.2) is 19.9 Å². The topological polar surface area (TPSA) is 84.2 Å². The quantitative estimate of drug-likeness (QED) is 0.0792. The number of hydrogen-bond donors (Lipinski definition) is 0. The van der Waals surface area contributed by atoms with E-state index < -0.39 is 0 Å². The number of aromatic nitrogens is 8. The van der Waals surface area contributed by atoms with Crippen LogP contribution in [0.3, 0.4) is 0 Å². The minimum absolute atomic E-state index is 0.408. The van der Waals surface area contributed by atoms with Gasteiger partial charge in [0.2, 0.25) is 0 Å². The van der Waals surface area contributed by atoms with E-state index in [4.69, 9.17) is 19.9 Å². The summed E-state index contributed by atoms with van der Waals surface area (Å²) in [6.45, 7) is 0. The smallest absolute Gasteiger partial charge is 0.168 e. The summed E-state index contributed by atoms with van der Waals surface area (Å²) in [7, 11) is 0. The number of hydrogen-bond acceptors (Lipinski definition) is 8. The lowest BCUT2D eigenvalue weighted by Gasteiger charge is -2.27. The van der Waals surface area contributed by atoms with E-state index in [1.807, 2.05) is 12.1 Å². The summed E-state index contributed by atoms with van der Waals surface area (Å²) in [5.74, 6) is 2.61. The fourth-order valence-corrected chi connectivity index (χ4v) is 19.2. The molecule has 18 aromatic carbocycles. The summed E-state index contributed by atoms with van der Waals surface area (Å²) >= 11 is 0. The molecular formula is C116H78N12. The second-order valence-corrected chi connectivity index (χ2v) is 32.1. The summed E-state index contributed by atoms with van der Waals surface area (Å²) < 4.78 is 9.82. The number of pyridine rings is 1. The Morgan fingerprint density at radius 3 is 0.594 bits per heavy atom. The van der Waals surface area contributed by atoms with E-state index in [9.17, 15) is 0 Å². The lowest BCUT2D eigenvalue weighted by Crippen LogP contribution is -2.17. The molecule has 0 atom stereocenters. The first-order valence-corrected chi connectivity index (χ1v) is 43.3. The van der Waals surface area contributed by atoms with Crippen LogP contribution < -0.4 is 19.6 Å². The molecule has 0 saturated carbocycles. The van der Waals surface area contributed by atoms with Crippen LogP contribution in [0.5, 0.6) is 0 Å². The van der Waals surface area contributed by atoms with E-state index in [-0.39, 0.29) is 0 Å². The lowest BCUT2D eigenvalue weighted by molar-refractivity contribution is 0.952. The number of nitrogens with zero attached hydrogens (tertiary/aromatic N) is 12. The molecule has 6 heterocycles. The Balaban J connectivity index is 0.919. The minimum atomic E-state index is 0.408. The van der Waals surface area contributed by atoms with Gasteiger partial charge in [0.05, 0.1) is 49.7 Å². The van der Waals surface area contributed by atoms with Crippen molar-refractivity contribution in [2.24, 2.45) is 0 Å². The molecule has 6 aromatic heterocycles. The zero-order chi connectivity index (χ0) is 84.5. The van der Waals surface area contributed by atoms with E-state index in [0.717, 1.165) is 167 Å². The average Bonchev–Trinajstić information content (AvgIpc) is 1.51. The van der Waals surface area contributed by atoms with E-state index in [1.165, 1.54) is 0 Å². The number of anilines is 12. The second kappa shape index (κ2) is 31.4. The van der Waals surface area contributed by atoms with Gasteiger partial charge in [-0.2, -0.15) is 0 Å². The Hall–Kier alpha value is -17.5. The van der Waals surface area contributed by atoms with Crippen molar-refractivity contribution in [3.05, 3.63) is 473 Å². The Morgan fingerprint density at radius 1 is 0.148 bits per heavy atom. The van der Waals surface area contributed by atoms with Crippen LogP contribution >= 0.6 is 0 Å². The van der Waals surface area contributed by atoms with Gasteiger partial charge >= 0.3 is 0 Å². The molecule has 0 spiro atoms. The number of para-hydroxylation sites is 12. The van der Waals surface area contributed by atoms with Crippen LogP contribution in [0.2, 0.25) is 0 Å². The molecule has 128 heavy (non-hydrogen) atoms. The molecule has 0 saturated heterocycles. The molecule has 0 amide bonds. The van der Waals surface area contributed by atoms with Crippen molar-refractivity contribution in [2.45, 2.75) is 0 Å². The molecule has 12 nitrogen and oxygen atoms in total. The Morgan fingerprint density at radius 2 is 0.344 bits per heavy atom. The van der Waals surface area contributed by atoms with Gasteiger partial charge in [-0.3, -0.25) is 9.13 Å². The van der Waals surface area contributed by atoms with Crippen LogP contribution in [-0.2, 0) is 0 Å². The van der Waals surface area contributed by atoms with Gasteiger partial charge in [0, 0.05) is 122 Å². The first-order chi connectivity index (χ1) is 63.6. The molecule has 0 aliphatic heterocycles. The normalized spacial score (nSPS) is 11.6. The molecule has 0 unspecified atom stereocenters. The highest BCUT2D eigenvalue weighted by molar-refractivity contribution is 6.18. The highest BCUT2D eigenvalue weighted by atomic mass is 15.2. The van der Waals surface area contributed by atoms with Crippen molar-refractivity contribution in [3.8, 4) is 57.2 Å². The van der Waals surface area contributed by atoms with Gasteiger partial charge in [0.1, 0.15) is 11.4 Å². The highest BCUT2D eigenvalue weighted by Crippen LogP contribution is 2.52. The molecule has 602 valence electrons. The Kier molecular flexibility index (Phi) is 18.3. The first kappa shape index (κ1) is 74.4. The molecule has 0 radical (unpaired) electrons. The summed E-state index contributed by atoms with van der Waals surface area (Å²) in [6, 6.07) is 169. The molecule has 0 N–H and O–H groups in total. The average molecular weight is 1640 g/mol. The molecular weight excluding hydrogens is 1560 g/mol. The van der Waals surface area contributed by atoms with Gasteiger partial charge in [-0.1, -0.05) is 279 Å². The molecule has 12 heteroatoms. The van der Waals surface area contributed by atoms with Crippen molar-refractivity contribution in [3.63, 3.8) is 0 Å². The Bertz CT molecular complexity index is 7660. The fourth-order valence-electron chi connectivity index (χ4n) is 19.2. The largest absolute Gasteiger partial charge is 0.310 e. The first-order valence-electron chi connectivity index (χ1n) is 43.3. The van der Waals surface area contributed by atoms with Gasteiger partial charge in [0.25, 0.3) is 0 Å². The van der Waals surface area contributed by atoms with Gasteiger partial charge < -0.3 is 28.7 Å². The van der Waals surface area contributed by atoms with E-state index in [2.05, 4.69) is 499 Å². The predicted octanol–water partition coefficient (Wildman–Crippen LogP) is 30.5. The molecule has 0 aliphatic carbocycles. The van der Waals surface area contributed by atoms with E-state index in [0.29, 0.717) is 46.0 Å². The van der Waals surface area contributed by atoms with Gasteiger partial charge in [-0.05, 0) is 194 Å². The predicted molar refractivity (Wildman–Crippen MR) is 530 cm³/mol. The van der Waals surface area contributed by atoms with Crippen LogP contribution in [0.1, 0.15) is 0 Å². The summed E-state index contributed by atoms with van der Waals surface area (Å²) in [6.07, 6.45) is 0. The van der Waals surface area contributed by atoms with Crippen LogP contribution in [0.15, 0.2) is 473 Å². The van der Waals surface area contributed by atoms with Crippen LogP contribution in [0, 0.1) is 0 Å². The lowest BCUT2D eigenvalue weighted by atomic mass is 10.1. The van der Waals surface area contributed by atoms with Crippen LogP contribution in [-0.4, -0.2) is 38.2 Å². The monoisotopic (exact) mass is 1640 g/mol. The van der Waals surface area contributed by atoms with Crippen molar-refractivity contribution >= 4 is 155 Å². The molecule has 24 rings (SSSR count). The SMILES string of the molecule is c1ccc(-c2nc(-c3ccccc3)nc(-c3c(-n4c5ccccc5c5cc(N(c6ccccc6)c6ccccc6)ccc54)c(-n4c5ccccc5c5cc(N(c6ccccc6)c6ccccc6)ccc54)nc(-n4c5ccccc5c5cc(N(c6ccccc6)c6ccccc6)ccc54)c3-n3c4ccccc4c4cc(N(c5ccccc5)c5ccccc5)ccc43)n2)cc1. The van der Waals surface area contributed by atoms with Crippen LogP contribution in [0.4, 0.5) is 68.2 Å². The maximum Gasteiger partial charge on any atom is 0.168 e. The van der Waals surface area contributed by atoms with Crippen molar-refractivity contribution in [1.82, 2.24) is 38.2 Å². The molecule has 0 fully saturated rings. The van der Waals surface area contributed by atoms with Crippen molar-refractivity contribution in [2.75, 3.05) is 19.6 Å². The molecule has 24 aromatic rings. The highest BCUT2D eigenvalue weighted by Gasteiger charge is 2.36. The number of rotatable bonds is 19. The zero-order valence-corrected chi connectivity index (χ0v) is 69.4. The second-order valence-electron chi connectivity index (χ2n) is 32.1. The summed E-state index contributed by atoms with van der Waals surface area (Å²) in [4.78, 5) is 34.1. The van der Waals surface area contributed by atoms with E-state index >= 15 is 0 Å². The molecule has 0 aliphatic rings. The minimum Gasteiger partial charge on any atom is -0.310 e. The van der Waals surface area contributed by atoms with Gasteiger partial charge in [0.15, 0.2) is 29.1 Å². The summed E-state index contributed by atoms with van der Waals surface area (Å²) in [5, 5.41) is 8.17.